The zero-order chi connectivity index (χ0) is 10.8. The van der Waals surface area contributed by atoms with E-state index in [4.69, 9.17) is 5.73 Å². The molecule has 1 nitrogen and oxygen atoms in total. The van der Waals surface area contributed by atoms with E-state index in [9.17, 15) is 0 Å². The van der Waals surface area contributed by atoms with Crippen molar-refractivity contribution in [2.45, 2.75) is 77.0 Å². The van der Waals surface area contributed by atoms with Gasteiger partial charge < -0.3 is 0 Å². The van der Waals surface area contributed by atoms with Gasteiger partial charge in [0.25, 0.3) is 0 Å². The van der Waals surface area contributed by atoms with Crippen molar-refractivity contribution in [3.63, 3.8) is 0 Å². The minimum atomic E-state index is 0.627. The second kappa shape index (κ2) is 9.21. The van der Waals surface area contributed by atoms with Crippen LogP contribution in [0.25, 0.3) is 0 Å². The minimum Gasteiger partial charge on any atom is -0.258 e. The maximum atomic E-state index is 7.05. The largest absolute Gasteiger partial charge is 0.258 e. The fraction of sp³-hybridized carbons (Fsp3) is 1.00. The first-order valence-electron chi connectivity index (χ1n) is 7.08. The molecule has 89 valence electrons. The molecule has 1 aliphatic rings. The normalized spacial score (nSPS) is 18.2. The third-order valence-corrected chi connectivity index (χ3v) is 3.76. The van der Waals surface area contributed by atoms with Crippen LogP contribution in [0.3, 0.4) is 0 Å². The summed E-state index contributed by atoms with van der Waals surface area (Å²) in [7, 11) is 0. The highest BCUT2D eigenvalue weighted by molar-refractivity contribution is 4.65. The van der Waals surface area contributed by atoms with Crippen LogP contribution in [0.15, 0.2) is 0 Å². The van der Waals surface area contributed by atoms with Crippen molar-refractivity contribution in [1.82, 2.24) is 5.73 Å². The summed E-state index contributed by atoms with van der Waals surface area (Å²) in [4.78, 5) is 0. The Morgan fingerprint density at radius 3 is 2.00 bits per heavy atom. The van der Waals surface area contributed by atoms with Crippen molar-refractivity contribution in [2.75, 3.05) is 6.54 Å². The van der Waals surface area contributed by atoms with Crippen LogP contribution in [0.4, 0.5) is 0 Å². The van der Waals surface area contributed by atoms with Gasteiger partial charge in [0, 0.05) is 6.54 Å². The molecule has 0 heterocycles. The second-order valence-electron chi connectivity index (χ2n) is 5.16. The quantitative estimate of drug-likeness (QED) is 0.524. The van der Waals surface area contributed by atoms with Gasteiger partial charge in [-0.25, -0.2) is 0 Å². The Labute approximate surface area is 95.8 Å². The Hall–Kier alpha value is -0.0400. The van der Waals surface area contributed by atoms with E-state index in [2.05, 4.69) is 0 Å². The number of hydrogen-bond donors (Lipinski definition) is 0. The van der Waals surface area contributed by atoms with E-state index < -0.39 is 0 Å². The predicted octanol–water partition coefficient (Wildman–Crippen LogP) is 4.58. The van der Waals surface area contributed by atoms with Gasteiger partial charge in [0.2, 0.25) is 0 Å². The Morgan fingerprint density at radius 1 is 0.733 bits per heavy atom. The van der Waals surface area contributed by atoms with Gasteiger partial charge >= 0.3 is 0 Å². The van der Waals surface area contributed by atoms with Gasteiger partial charge in [-0.1, -0.05) is 70.6 Å². The molecule has 0 aromatic carbocycles. The van der Waals surface area contributed by atoms with Crippen LogP contribution in [0.2, 0.25) is 0 Å². The van der Waals surface area contributed by atoms with E-state index in [1.807, 2.05) is 0 Å². The lowest BCUT2D eigenvalue weighted by molar-refractivity contribution is 0.328. The van der Waals surface area contributed by atoms with Gasteiger partial charge in [-0.05, 0) is 12.3 Å². The predicted molar refractivity (Wildman–Crippen MR) is 66.9 cm³/mol. The Bertz CT molecular complexity index is 127. The molecule has 0 unspecified atom stereocenters. The fourth-order valence-corrected chi connectivity index (χ4v) is 2.74. The molecule has 1 N–H and O–H groups in total. The minimum absolute atomic E-state index is 0.627. The molecule has 0 aromatic heterocycles. The Morgan fingerprint density at radius 2 is 1.33 bits per heavy atom. The summed E-state index contributed by atoms with van der Waals surface area (Å²) >= 11 is 0. The molecule has 0 aliphatic heterocycles. The van der Waals surface area contributed by atoms with Crippen LogP contribution in [0.5, 0.6) is 0 Å². The lowest BCUT2D eigenvalue weighted by Gasteiger charge is -2.21. The molecule has 0 bridgehead atoms. The molecule has 1 heteroatoms. The second-order valence-corrected chi connectivity index (χ2v) is 5.16. The molecular weight excluding hydrogens is 182 g/mol. The molecule has 0 amide bonds. The SMILES string of the molecule is [NH]CCCCCCCCC1CCCCC1. The molecule has 1 rings (SSSR count). The van der Waals surface area contributed by atoms with Gasteiger partial charge in [0.1, 0.15) is 0 Å². The van der Waals surface area contributed by atoms with Crippen LogP contribution in [0, 0.1) is 5.92 Å². The number of nitrogens with one attached hydrogen (secondary N) is 1. The number of unbranched alkanes of at least 4 members (excludes halogenated alkanes) is 5. The zero-order valence-electron chi connectivity index (χ0n) is 10.3. The third-order valence-electron chi connectivity index (χ3n) is 3.76. The van der Waals surface area contributed by atoms with Crippen LogP contribution in [-0.2, 0) is 0 Å². The molecule has 15 heavy (non-hydrogen) atoms. The van der Waals surface area contributed by atoms with Crippen molar-refractivity contribution in [3.05, 3.63) is 0 Å². The van der Waals surface area contributed by atoms with E-state index in [1.54, 1.807) is 0 Å². The van der Waals surface area contributed by atoms with Gasteiger partial charge in [-0.3, -0.25) is 5.73 Å². The van der Waals surface area contributed by atoms with E-state index in [0.29, 0.717) is 6.54 Å². The average molecular weight is 210 g/mol. The van der Waals surface area contributed by atoms with Crippen molar-refractivity contribution < 1.29 is 0 Å². The Balaban J connectivity index is 1.79. The standard InChI is InChI=1S/C14H28N/c15-13-9-4-2-1-3-6-10-14-11-7-5-8-12-14/h14-15H,1-13H2. The first kappa shape index (κ1) is 13.0. The highest BCUT2D eigenvalue weighted by Crippen LogP contribution is 2.28. The average Bonchev–Trinajstić information content (AvgIpc) is 2.29. The number of rotatable bonds is 8. The van der Waals surface area contributed by atoms with E-state index >= 15 is 0 Å². The zero-order valence-corrected chi connectivity index (χ0v) is 10.3. The first-order valence-corrected chi connectivity index (χ1v) is 7.08. The maximum absolute atomic E-state index is 7.05. The lowest BCUT2D eigenvalue weighted by atomic mass is 9.85. The summed E-state index contributed by atoms with van der Waals surface area (Å²) in [6, 6.07) is 0. The molecule has 1 fully saturated rings. The molecule has 1 aliphatic carbocycles. The maximum Gasteiger partial charge on any atom is 0.00997 e. The highest BCUT2D eigenvalue weighted by Gasteiger charge is 2.12. The lowest BCUT2D eigenvalue weighted by Crippen LogP contribution is -2.05. The molecule has 1 saturated carbocycles. The summed E-state index contributed by atoms with van der Waals surface area (Å²) in [5, 5.41) is 0. The van der Waals surface area contributed by atoms with Crippen LogP contribution in [0.1, 0.15) is 77.0 Å². The monoisotopic (exact) mass is 210 g/mol. The van der Waals surface area contributed by atoms with Crippen molar-refractivity contribution in [1.29, 1.82) is 0 Å². The van der Waals surface area contributed by atoms with E-state index in [-0.39, 0.29) is 0 Å². The Kier molecular flexibility index (Phi) is 7.99. The highest BCUT2D eigenvalue weighted by atomic mass is 14.5. The molecule has 0 atom stereocenters. The topological polar surface area (TPSA) is 23.8 Å². The molecule has 1 radical (unpaired) electrons. The first-order chi connectivity index (χ1) is 7.43. The fourth-order valence-electron chi connectivity index (χ4n) is 2.74. The summed E-state index contributed by atoms with van der Waals surface area (Å²) < 4.78 is 0. The third kappa shape index (κ3) is 6.94. The van der Waals surface area contributed by atoms with Gasteiger partial charge in [0.15, 0.2) is 0 Å². The van der Waals surface area contributed by atoms with Crippen LogP contribution in [-0.4, -0.2) is 6.54 Å². The summed E-state index contributed by atoms with van der Waals surface area (Å²) in [6.07, 6.45) is 17.1. The molecule has 0 saturated heterocycles. The molecule has 0 spiro atoms. The van der Waals surface area contributed by atoms with Crippen LogP contribution >= 0.6 is 0 Å². The van der Waals surface area contributed by atoms with Crippen LogP contribution < -0.4 is 5.73 Å². The van der Waals surface area contributed by atoms with Gasteiger partial charge in [0.05, 0.1) is 0 Å². The molecule has 0 aromatic rings. The van der Waals surface area contributed by atoms with Crippen molar-refractivity contribution >= 4 is 0 Å². The van der Waals surface area contributed by atoms with Gasteiger partial charge in [-0.15, -0.1) is 0 Å². The number of hydrogen-bond acceptors (Lipinski definition) is 0. The molecular formula is C14H28N. The smallest absolute Gasteiger partial charge is 0.00997 e. The van der Waals surface area contributed by atoms with Crippen molar-refractivity contribution in [3.8, 4) is 0 Å². The van der Waals surface area contributed by atoms with Gasteiger partial charge in [-0.2, -0.15) is 0 Å². The van der Waals surface area contributed by atoms with E-state index in [1.165, 1.54) is 70.6 Å². The van der Waals surface area contributed by atoms with E-state index in [0.717, 1.165) is 12.3 Å². The summed E-state index contributed by atoms with van der Waals surface area (Å²) in [6.45, 7) is 0.627. The summed E-state index contributed by atoms with van der Waals surface area (Å²) in [5.74, 6) is 1.08. The van der Waals surface area contributed by atoms with Crippen molar-refractivity contribution in [2.24, 2.45) is 5.92 Å². The summed E-state index contributed by atoms with van der Waals surface area (Å²) in [5.41, 5.74) is 7.05.